The van der Waals surface area contributed by atoms with Gasteiger partial charge in [0.25, 0.3) is 0 Å². The van der Waals surface area contributed by atoms with Gasteiger partial charge in [0.2, 0.25) is 0 Å². The zero-order chi connectivity index (χ0) is 20.1. The molecule has 2 unspecified atom stereocenters. The number of benzene rings is 2. The van der Waals surface area contributed by atoms with Gasteiger partial charge in [0.15, 0.2) is 0 Å². The fourth-order valence-corrected chi connectivity index (χ4v) is 5.28. The number of cyclic esters (lactones) is 2. The zero-order valence-corrected chi connectivity index (χ0v) is 18.0. The van der Waals surface area contributed by atoms with Crippen molar-refractivity contribution < 1.29 is 49.7 Å². The van der Waals surface area contributed by atoms with E-state index in [1.165, 1.54) is 7.14 Å². The van der Waals surface area contributed by atoms with Gasteiger partial charge in [-0.3, -0.25) is 0 Å². The van der Waals surface area contributed by atoms with Crippen molar-refractivity contribution in [3.05, 3.63) is 55.7 Å². The van der Waals surface area contributed by atoms with Crippen molar-refractivity contribution in [3.63, 3.8) is 0 Å². The maximum absolute atomic E-state index is 11.7. The molecule has 7 heteroatoms. The van der Waals surface area contributed by atoms with Crippen molar-refractivity contribution in [2.75, 3.05) is 13.2 Å². The normalized spacial score (nSPS) is 21.9. The Bertz CT molecular complexity index is 777. The first-order valence-electron chi connectivity index (χ1n) is 9.69. The first kappa shape index (κ1) is 20.0. The molecule has 0 bridgehead atoms. The van der Waals surface area contributed by atoms with E-state index in [4.69, 9.17) is 18.9 Å². The van der Waals surface area contributed by atoms with Crippen LogP contribution in [0.1, 0.15) is 25.7 Å². The van der Waals surface area contributed by atoms with E-state index in [0.717, 1.165) is 12.8 Å². The Kier molecular flexibility index (Phi) is 6.53. The summed E-state index contributed by atoms with van der Waals surface area (Å²) in [7, 11) is 0. The van der Waals surface area contributed by atoms with Crippen LogP contribution in [0.4, 0.5) is 0 Å². The van der Waals surface area contributed by atoms with Gasteiger partial charge in [-0.05, 0) is 0 Å². The minimum atomic E-state index is -0.502. The van der Waals surface area contributed by atoms with E-state index in [-0.39, 0.29) is 33.1 Å². The molecule has 29 heavy (non-hydrogen) atoms. The van der Waals surface area contributed by atoms with E-state index in [2.05, 4.69) is 0 Å². The molecule has 2 atom stereocenters. The predicted molar refractivity (Wildman–Crippen MR) is 99.5 cm³/mol. The molecule has 2 heterocycles. The Morgan fingerprint density at radius 1 is 0.690 bits per heavy atom. The van der Waals surface area contributed by atoms with Crippen LogP contribution < -0.4 is 30.7 Å². The molecule has 2 aromatic carbocycles. The van der Waals surface area contributed by atoms with Crippen LogP contribution in [0.5, 0.6) is 11.5 Å². The van der Waals surface area contributed by atoms with Crippen LogP contribution in [-0.4, -0.2) is 37.4 Å². The van der Waals surface area contributed by atoms with E-state index >= 15 is 0 Å². The molecule has 2 aliphatic rings. The summed E-state index contributed by atoms with van der Waals surface area (Å²) in [6.07, 6.45) is 2.06. The number of rotatable bonds is 6. The molecule has 6 nitrogen and oxygen atoms in total. The van der Waals surface area contributed by atoms with Gasteiger partial charge in [-0.15, -0.1) is 0 Å². The quantitative estimate of drug-likeness (QED) is 0.403. The summed E-state index contributed by atoms with van der Waals surface area (Å²) >= 11 is -0.351. The van der Waals surface area contributed by atoms with E-state index in [0.29, 0.717) is 37.6 Å². The molecule has 4 rings (SSSR count). The van der Waals surface area contributed by atoms with Crippen LogP contribution in [-0.2, 0) is 19.1 Å². The minimum absolute atomic E-state index is 0.281. The second kappa shape index (κ2) is 9.47. The number of hydrogen-bond acceptors (Lipinski definition) is 6. The average Bonchev–Trinajstić information content (AvgIpc) is 2.74. The zero-order valence-electron chi connectivity index (χ0n) is 15.8. The molecule has 0 saturated carbocycles. The number of carbonyl (C=O) groups is 2. The van der Waals surface area contributed by atoms with Crippen molar-refractivity contribution in [2.45, 2.75) is 37.9 Å². The SMILES string of the molecule is O=C1OCCCC1Oc1ccc([I-]c2ccc(OC3CCCOC3=O)cc2)cc1. The Labute approximate surface area is 179 Å². The van der Waals surface area contributed by atoms with Gasteiger partial charge in [0.05, 0.1) is 0 Å². The van der Waals surface area contributed by atoms with Gasteiger partial charge in [-0.2, -0.15) is 0 Å². The molecule has 0 spiro atoms. The molecule has 2 aromatic rings. The van der Waals surface area contributed by atoms with Crippen LogP contribution >= 0.6 is 0 Å². The topological polar surface area (TPSA) is 71.1 Å². The van der Waals surface area contributed by atoms with Gasteiger partial charge in [0.1, 0.15) is 0 Å². The molecule has 0 amide bonds. The Hall–Kier alpha value is -2.29. The fraction of sp³-hybridized carbons (Fsp3) is 0.364. The van der Waals surface area contributed by atoms with Crippen molar-refractivity contribution in [2.24, 2.45) is 0 Å². The van der Waals surface area contributed by atoms with Crippen molar-refractivity contribution in [1.29, 1.82) is 0 Å². The number of ether oxygens (including phenoxy) is 4. The summed E-state index contributed by atoms with van der Waals surface area (Å²) in [6, 6.07) is 15.8. The predicted octanol–water partition coefficient (Wildman–Crippen LogP) is -0.0162. The molecular formula is C22H22IO6-. The molecule has 0 N–H and O–H groups in total. The van der Waals surface area contributed by atoms with Crippen LogP contribution in [0.25, 0.3) is 0 Å². The molecule has 0 aliphatic carbocycles. The third-order valence-electron chi connectivity index (χ3n) is 4.64. The Morgan fingerprint density at radius 3 is 1.48 bits per heavy atom. The second-order valence-corrected chi connectivity index (χ2v) is 9.87. The third kappa shape index (κ3) is 5.41. The first-order valence-corrected chi connectivity index (χ1v) is 11.8. The molecular weight excluding hydrogens is 487 g/mol. The van der Waals surface area contributed by atoms with Gasteiger partial charge < -0.3 is 0 Å². The monoisotopic (exact) mass is 509 g/mol. The summed E-state index contributed by atoms with van der Waals surface area (Å²) < 4.78 is 24.1. The van der Waals surface area contributed by atoms with Crippen molar-refractivity contribution in [1.82, 2.24) is 0 Å². The van der Waals surface area contributed by atoms with E-state index in [9.17, 15) is 9.59 Å². The van der Waals surface area contributed by atoms with Gasteiger partial charge >= 0.3 is 180 Å². The summed E-state index contributed by atoms with van der Waals surface area (Å²) in [6.45, 7) is 0.966. The van der Waals surface area contributed by atoms with Gasteiger partial charge in [-0.1, -0.05) is 0 Å². The van der Waals surface area contributed by atoms with Gasteiger partial charge in [-0.25, -0.2) is 0 Å². The maximum atomic E-state index is 11.7. The van der Waals surface area contributed by atoms with Crippen molar-refractivity contribution in [3.8, 4) is 11.5 Å². The summed E-state index contributed by atoms with van der Waals surface area (Å²) in [5, 5.41) is 0. The Morgan fingerprint density at radius 2 is 1.10 bits per heavy atom. The fourth-order valence-electron chi connectivity index (χ4n) is 3.13. The molecule has 2 aliphatic heterocycles. The summed E-state index contributed by atoms with van der Waals surface area (Å²) in [5.74, 6) is 0.808. The average molecular weight is 509 g/mol. The van der Waals surface area contributed by atoms with E-state index in [1.54, 1.807) is 0 Å². The number of halogens is 1. The Balaban J connectivity index is 1.32. The number of hydrogen-bond donors (Lipinski definition) is 0. The standard InChI is InChI=1S/C22H22IO6/c24-21-19(3-1-13-26-21)28-17-9-5-15(6-10-17)23-16-7-11-18(12-8-16)29-20-4-2-14-27-22(20)25/h5-12,19-20H,1-4,13-14H2/q-1. The molecule has 154 valence electrons. The second-order valence-electron chi connectivity index (χ2n) is 6.83. The molecule has 2 saturated heterocycles. The first-order chi connectivity index (χ1) is 14.2. The van der Waals surface area contributed by atoms with Crippen LogP contribution in [0.2, 0.25) is 0 Å². The summed E-state index contributed by atoms with van der Waals surface area (Å²) in [5.41, 5.74) is 0. The number of carbonyl (C=O) groups excluding carboxylic acids is 2. The third-order valence-corrected chi connectivity index (χ3v) is 7.32. The van der Waals surface area contributed by atoms with E-state index < -0.39 is 12.2 Å². The number of esters is 2. The van der Waals surface area contributed by atoms with Crippen LogP contribution in [0.15, 0.2) is 48.5 Å². The van der Waals surface area contributed by atoms with Crippen molar-refractivity contribution >= 4 is 11.9 Å². The molecule has 0 aromatic heterocycles. The van der Waals surface area contributed by atoms with Gasteiger partial charge in [0, 0.05) is 0 Å². The van der Waals surface area contributed by atoms with E-state index in [1.807, 2.05) is 48.5 Å². The summed E-state index contributed by atoms with van der Waals surface area (Å²) in [4.78, 5) is 23.4. The van der Waals surface area contributed by atoms with Crippen LogP contribution in [0, 0.1) is 7.14 Å². The molecule has 2 fully saturated rings. The van der Waals surface area contributed by atoms with Crippen LogP contribution in [0.3, 0.4) is 0 Å². The molecule has 0 radical (unpaired) electrons.